The number of aryl methyl sites for hydroxylation is 3. The van der Waals surface area contributed by atoms with Crippen LogP contribution >= 0.6 is 0 Å². The maximum Gasteiger partial charge on any atom is 0.138 e. The van der Waals surface area contributed by atoms with E-state index >= 15 is 0 Å². The Morgan fingerprint density at radius 1 is 1.35 bits per heavy atom. The zero-order valence-electron chi connectivity index (χ0n) is 10.7. The standard InChI is InChI=1S/C12H18N4O/c1-7-8(2)17-9(3)12(7)10(13)5-11-14-6-15-16(11)4/h6,10H,5,13H2,1-4H3. The highest BCUT2D eigenvalue weighted by atomic mass is 16.3. The molecule has 2 aromatic rings. The lowest BCUT2D eigenvalue weighted by atomic mass is 10.00. The minimum Gasteiger partial charge on any atom is -0.466 e. The summed E-state index contributed by atoms with van der Waals surface area (Å²) < 4.78 is 7.34. The van der Waals surface area contributed by atoms with Crippen LogP contribution in [0, 0.1) is 20.8 Å². The summed E-state index contributed by atoms with van der Waals surface area (Å²) in [4.78, 5) is 4.19. The lowest BCUT2D eigenvalue weighted by molar-refractivity contribution is 0.495. The van der Waals surface area contributed by atoms with Crippen molar-refractivity contribution in [1.82, 2.24) is 14.8 Å². The third-order valence-corrected chi connectivity index (χ3v) is 3.20. The number of furan rings is 1. The summed E-state index contributed by atoms with van der Waals surface area (Å²) in [5.74, 6) is 2.72. The number of aromatic nitrogens is 3. The molecule has 1 unspecified atom stereocenters. The minimum absolute atomic E-state index is 0.102. The Bertz CT molecular complexity index is 527. The Labute approximate surface area is 101 Å². The highest BCUT2D eigenvalue weighted by molar-refractivity contribution is 5.34. The van der Waals surface area contributed by atoms with Gasteiger partial charge in [-0.1, -0.05) is 0 Å². The zero-order chi connectivity index (χ0) is 12.6. The Kier molecular flexibility index (Phi) is 3.02. The topological polar surface area (TPSA) is 69.9 Å². The quantitative estimate of drug-likeness (QED) is 0.875. The molecule has 2 heterocycles. The van der Waals surface area contributed by atoms with Crippen LogP contribution in [-0.4, -0.2) is 14.8 Å². The first kappa shape index (κ1) is 11.9. The van der Waals surface area contributed by atoms with Crippen molar-refractivity contribution in [3.63, 3.8) is 0 Å². The van der Waals surface area contributed by atoms with E-state index in [2.05, 4.69) is 10.1 Å². The molecule has 2 rings (SSSR count). The van der Waals surface area contributed by atoms with Crippen LogP contribution in [0.1, 0.15) is 34.5 Å². The summed E-state index contributed by atoms with van der Waals surface area (Å²) in [5.41, 5.74) is 8.45. The molecule has 0 aliphatic rings. The van der Waals surface area contributed by atoms with Crippen LogP contribution in [0.4, 0.5) is 0 Å². The molecule has 2 N–H and O–H groups in total. The van der Waals surface area contributed by atoms with E-state index < -0.39 is 0 Å². The number of hydrogen-bond acceptors (Lipinski definition) is 4. The molecule has 0 amide bonds. The van der Waals surface area contributed by atoms with Crippen molar-refractivity contribution in [2.75, 3.05) is 0 Å². The SMILES string of the molecule is Cc1oc(C)c(C(N)Cc2ncnn2C)c1C. The van der Waals surface area contributed by atoms with E-state index in [9.17, 15) is 0 Å². The van der Waals surface area contributed by atoms with E-state index in [1.807, 2.05) is 27.8 Å². The number of nitrogens with zero attached hydrogens (tertiary/aromatic N) is 3. The predicted molar refractivity (Wildman–Crippen MR) is 64.6 cm³/mol. The van der Waals surface area contributed by atoms with Crippen molar-refractivity contribution in [3.05, 3.63) is 34.8 Å². The van der Waals surface area contributed by atoms with Gasteiger partial charge in [-0.25, -0.2) is 4.98 Å². The molecule has 0 fully saturated rings. The molecule has 0 aliphatic heterocycles. The third kappa shape index (κ3) is 2.10. The van der Waals surface area contributed by atoms with E-state index in [0.717, 1.165) is 28.5 Å². The number of rotatable bonds is 3. The molecule has 2 aromatic heterocycles. The lowest BCUT2D eigenvalue weighted by Gasteiger charge is -2.11. The van der Waals surface area contributed by atoms with Crippen molar-refractivity contribution in [2.24, 2.45) is 12.8 Å². The van der Waals surface area contributed by atoms with Gasteiger partial charge in [0.1, 0.15) is 23.7 Å². The van der Waals surface area contributed by atoms with E-state index in [1.165, 1.54) is 0 Å². The van der Waals surface area contributed by atoms with Crippen LogP contribution in [-0.2, 0) is 13.5 Å². The van der Waals surface area contributed by atoms with Gasteiger partial charge in [-0.3, -0.25) is 4.68 Å². The van der Waals surface area contributed by atoms with Crippen molar-refractivity contribution in [1.29, 1.82) is 0 Å². The van der Waals surface area contributed by atoms with Crippen LogP contribution in [0.2, 0.25) is 0 Å². The van der Waals surface area contributed by atoms with Crippen molar-refractivity contribution >= 4 is 0 Å². The van der Waals surface area contributed by atoms with Gasteiger partial charge in [-0.2, -0.15) is 5.10 Å². The second-order valence-electron chi connectivity index (χ2n) is 4.36. The molecular formula is C12H18N4O. The van der Waals surface area contributed by atoms with Crippen LogP contribution in [0.25, 0.3) is 0 Å². The van der Waals surface area contributed by atoms with Crippen LogP contribution in [0.5, 0.6) is 0 Å². The largest absolute Gasteiger partial charge is 0.466 e. The first-order valence-electron chi connectivity index (χ1n) is 5.65. The van der Waals surface area contributed by atoms with Gasteiger partial charge < -0.3 is 10.2 Å². The van der Waals surface area contributed by atoms with Gasteiger partial charge >= 0.3 is 0 Å². The summed E-state index contributed by atoms with van der Waals surface area (Å²) in [7, 11) is 1.87. The normalized spacial score (nSPS) is 13.0. The van der Waals surface area contributed by atoms with Crippen LogP contribution in [0.3, 0.4) is 0 Å². The van der Waals surface area contributed by atoms with E-state index in [1.54, 1.807) is 11.0 Å². The number of nitrogens with two attached hydrogens (primary N) is 1. The molecule has 0 saturated heterocycles. The molecule has 17 heavy (non-hydrogen) atoms. The van der Waals surface area contributed by atoms with Gasteiger partial charge in [0.25, 0.3) is 0 Å². The van der Waals surface area contributed by atoms with Crippen molar-refractivity contribution in [3.8, 4) is 0 Å². The predicted octanol–water partition coefficient (Wildman–Crippen LogP) is 1.58. The Morgan fingerprint density at radius 2 is 2.06 bits per heavy atom. The first-order chi connectivity index (χ1) is 8.00. The van der Waals surface area contributed by atoms with Crippen molar-refractivity contribution < 1.29 is 4.42 Å². The van der Waals surface area contributed by atoms with Gasteiger partial charge in [-0.15, -0.1) is 0 Å². The van der Waals surface area contributed by atoms with Gasteiger partial charge in [-0.05, 0) is 26.3 Å². The van der Waals surface area contributed by atoms with E-state index in [4.69, 9.17) is 10.2 Å². The highest BCUT2D eigenvalue weighted by Gasteiger charge is 2.19. The van der Waals surface area contributed by atoms with Gasteiger partial charge in [0.15, 0.2) is 0 Å². The molecule has 1 atom stereocenters. The zero-order valence-corrected chi connectivity index (χ0v) is 10.7. The summed E-state index contributed by atoms with van der Waals surface area (Å²) >= 11 is 0. The molecule has 0 spiro atoms. The van der Waals surface area contributed by atoms with Gasteiger partial charge in [0.05, 0.1) is 0 Å². The van der Waals surface area contributed by atoms with Crippen LogP contribution < -0.4 is 5.73 Å². The summed E-state index contributed by atoms with van der Waals surface area (Å²) in [6, 6.07) is -0.102. The molecule has 0 radical (unpaired) electrons. The monoisotopic (exact) mass is 234 g/mol. The maximum atomic E-state index is 6.23. The fourth-order valence-corrected chi connectivity index (χ4v) is 2.16. The molecule has 0 bridgehead atoms. The summed E-state index contributed by atoms with van der Waals surface area (Å²) in [6.07, 6.45) is 2.21. The summed E-state index contributed by atoms with van der Waals surface area (Å²) in [6.45, 7) is 5.95. The molecular weight excluding hydrogens is 216 g/mol. The fraction of sp³-hybridized carbons (Fsp3) is 0.500. The second-order valence-corrected chi connectivity index (χ2v) is 4.36. The number of hydrogen-bond donors (Lipinski definition) is 1. The highest BCUT2D eigenvalue weighted by Crippen LogP contribution is 2.27. The molecule has 5 nitrogen and oxygen atoms in total. The molecule has 5 heteroatoms. The van der Waals surface area contributed by atoms with E-state index in [0.29, 0.717) is 6.42 Å². The molecule has 0 aliphatic carbocycles. The van der Waals surface area contributed by atoms with Gasteiger partial charge in [0.2, 0.25) is 0 Å². The van der Waals surface area contributed by atoms with Crippen LogP contribution in [0.15, 0.2) is 10.7 Å². The molecule has 92 valence electrons. The third-order valence-electron chi connectivity index (χ3n) is 3.20. The second kappa shape index (κ2) is 4.33. The Hall–Kier alpha value is -1.62. The summed E-state index contributed by atoms with van der Waals surface area (Å²) in [5, 5.41) is 4.04. The molecule has 0 aromatic carbocycles. The smallest absolute Gasteiger partial charge is 0.138 e. The van der Waals surface area contributed by atoms with E-state index in [-0.39, 0.29) is 6.04 Å². The first-order valence-corrected chi connectivity index (χ1v) is 5.65. The average molecular weight is 234 g/mol. The fourth-order valence-electron chi connectivity index (χ4n) is 2.16. The average Bonchev–Trinajstić information content (AvgIpc) is 2.74. The van der Waals surface area contributed by atoms with Gasteiger partial charge in [0, 0.05) is 25.1 Å². The van der Waals surface area contributed by atoms with Crippen molar-refractivity contribution in [2.45, 2.75) is 33.2 Å². The lowest BCUT2D eigenvalue weighted by Crippen LogP contribution is -2.17. The minimum atomic E-state index is -0.102. The Balaban J connectivity index is 2.26. The Morgan fingerprint density at radius 3 is 2.53 bits per heavy atom. The molecule has 0 saturated carbocycles. The maximum absolute atomic E-state index is 6.23.